The second-order valence-corrected chi connectivity index (χ2v) is 17.8. The van der Waals surface area contributed by atoms with Crippen LogP contribution in [0.3, 0.4) is 0 Å². The Morgan fingerprint density at radius 1 is 0.984 bits per heavy atom. The van der Waals surface area contributed by atoms with Crippen molar-refractivity contribution < 1.29 is 55.5 Å². The lowest BCUT2D eigenvalue weighted by molar-refractivity contribution is -0.162. The van der Waals surface area contributed by atoms with Crippen molar-refractivity contribution in [2.75, 3.05) is 6.54 Å². The minimum Gasteiger partial charge on any atom is -0.372 e. The maximum Gasteiger partial charge on any atom is 0.326 e. The van der Waals surface area contributed by atoms with Crippen molar-refractivity contribution >= 4 is 63.0 Å². The van der Waals surface area contributed by atoms with Crippen LogP contribution in [0.1, 0.15) is 75.9 Å². The number of sulfonamides is 1. The molecule has 3 aromatic rings. The van der Waals surface area contributed by atoms with Crippen molar-refractivity contribution in [1.29, 1.82) is 0 Å². The molecule has 0 unspecified atom stereocenters. The van der Waals surface area contributed by atoms with Gasteiger partial charge in [0.15, 0.2) is 0 Å². The number of nitrogens with zero attached hydrogens (tertiary/aromatic N) is 4. The van der Waals surface area contributed by atoms with Crippen LogP contribution >= 0.6 is 11.6 Å². The van der Waals surface area contributed by atoms with E-state index < -0.39 is 112 Å². The van der Waals surface area contributed by atoms with Gasteiger partial charge < -0.3 is 26.0 Å². The molecule has 64 heavy (non-hydrogen) atoms. The van der Waals surface area contributed by atoms with Crippen molar-refractivity contribution in [3.63, 3.8) is 0 Å². The summed E-state index contributed by atoms with van der Waals surface area (Å²) in [5.41, 5.74) is 6.40. The number of carbonyl (C=O) groups excluding carboxylic acids is 7. The largest absolute Gasteiger partial charge is 0.372 e. The Morgan fingerprint density at radius 3 is 2.30 bits per heavy atom. The Morgan fingerprint density at radius 2 is 1.69 bits per heavy atom. The highest BCUT2D eigenvalue weighted by atomic mass is 35.5. The summed E-state index contributed by atoms with van der Waals surface area (Å²) < 4.78 is 60.4. The van der Waals surface area contributed by atoms with Crippen molar-refractivity contribution in [1.82, 2.24) is 35.1 Å². The number of hydrogen-bond donors (Lipinski definition) is 4. The third-order valence-electron chi connectivity index (χ3n) is 10.2. The fourth-order valence-corrected chi connectivity index (χ4v) is 7.97. The third-order valence-corrected chi connectivity index (χ3v) is 11.7. The maximum atomic E-state index is 14.8. The summed E-state index contributed by atoms with van der Waals surface area (Å²) in [6, 6.07) is 7.38. The highest BCUT2D eigenvalue weighted by Gasteiger charge is 2.48. The van der Waals surface area contributed by atoms with E-state index in [4.69, 9.17) is 22.1 Å². The van der Waals surface area contributed by atoms with Crippen molar-refractivity contribution in [3.05, 3.63) is 89.5 Å². The molecule has 2 heterocycles. The number of rotatable bonds is 19. The van der Waals surface area contributed by atoms with Crippen LogP contribution in [0.25, 0.3) is 0 Å². The SMILES string of the molecule is CC[C@H](C)[C@H](NC(=O)[C@H](CC(C)C)NC(=O)c1cnccn1)C(=O)N1C[C@H](OCc2ccccc2)C[C@H]1C(=O)N(C(=O)C[C@H](N)CC(F)F)C(=O)C(=O)NS(=O)(=O)c1cccc(Cl)c1. The molecule has 1 fully saturated rings. The third kappa shape index (κ3) is 14.1. The summed E-state index contributed by atoms with van der Waals surface area (Å²) >= 11 is 5.91. The molecule has 0 radical (unpaired) electrons. The molecule has 1 aromatic heterocycles. The topological polar surface area (TPSA) is 257 Å². The number of amides is 7. The predicted molar refractivity (Wildman–Crippen MR) is 226 cm³/mol. The maximum absolute atomic E-state index is 14.8. The first-order valence-corrected chi connectivity index (χ1v) is 22.2. The number of ether oxygens (including phenoxy) is 1. The second-order valence-electron chi connectivity index (χ2n) is 15.6. The van der Waals surface area contributed by atoms with Gasteiger partial charge in [-0.2, -0.15) is 0 Å². The number of imide groups is 3. The molecule has 22 heteroatoms. The molecule has 1 saturated heterocycles. The first-order valence-electron chi connectivity index (χ1n) is 20.3. The van der Waals surface area contributed by atoms with Gasteiger partial charge in [0.1, 0.15) is 23.8 Å². The second kappa shape index (κ2) is 23.2. The lowest BCUT2D eigenvalue weighted by atomic mass is 9.96. The number of carbonyl (C=O) groups is 7. The molecule has 18 nitrogen and oxygen atoms in total. The fourth-order valence-electron chi connectivity index (χ4n) is 6.72. The number of alkyl halides is 2. The van der Waals surface area contributed by atoms with Crippen LogP contribution in [0.15, 0.2) is 78.1 Å². The molecular formula is C42H51ClF2N8O10S. The average molecular weight is 933 g/mol. The van der Waals surface area contributed by atoms with E-state index in [0.717, 1.165) is 17.0 Å². The molecule has 346 valence electrons. The summed E-state index contributed by atoms with van der Waals surface area (Å²) in [5.74, 6) is -10.2. The van der Waals surface area contributed by atoms with Crippen LogP contribution in [0.2, 0.25) is 5.02 Å². The zero-order valence-electron chi connectivity index (χ0n) is 35.5. The molecule has 1 aliphatic heterocycles. The Balaban J connectivity index is 1.73. The first-order chi connectivity index (χ1) is 30.2. The summed E-state index contributed by atoms with van der Waals surface area (Å²) in [5, 5.41) is 5.29. The molecular weight excluding hydrogens is 882 g/mol. The van der Waals surface area contributed by atoms with Crippen molar-refractivity contribution in [3.8, 4) is 0 Å². The van der Waals surface area contributed by atoms with Gasteiger partial charge in [0.05, 0.1) is 23.8 Å². The number of hydrogen-bond acceptors (Lipinski definition) is 13. The van der Waals surface area contributed by atoms with Gasteiger partial charge in [-0.05, 0) is 42.0 Å². The van der Waals surface area contributed by atoms with Gasteiger partial charge in [-0.15, -0.1) is 0 Å². The molecule has 0 aliphatic carbocycles. The number of benzene rings is 2. The van der Waals surface area contributed by atoms with Gasteiger partial charge in [0.2, 0.25) is 24.1 Å². The normalized spacial score (nSPS) is 16.9. The fraction of sp³-hybridized carbons (Fsp3) is 0.452. The molecule has 6 atom stereocenters. The highest BCUT2D eigenvalue weighted by molar-refractivity contribution is 7.90. The van der Waals surface area contributed by atoms with Crippen molar-refractivity contribution in [2.24, 2.45) is 17.6 Å². The van der Waals surface area contributed by atoms with E-state index in [-0.39, 0.29) is 47.5 Å². The van der Waals surface area contributed by atoms with E-state index in [1.165, 1.54) is 35.4 Å². The minimum absolute atomic E-state index is 0.0177. The molecule has 5 N–H and O–H groups in total. The molecule has 2 aromatic carbocycles. The van der Waals surface area contributed by atoms with Gasteiger partial charge in [0, 0.05) is 49.3 Å². The van der Waals surface area contributed by atoms with Gasteiger partial charge >= 0.3 is 11.8 Å². The Kier molecular flexibility index (Phi) is 18.5. The van der Waals surface area contributed by atoms with Gasteiger partial charge in [-0.3, -0.25) is 38.5 Å². The lowest BCUT2D eigenvalue weighted by Crippen LogP contribution is -2.60. The van der Waals surface area contributed by atoms with E-state index in [9.17, 15) is 50.8 Å². The number of nitrogens with one attached hydrogen (secondary N) is 3. The average Bonchev–Trinajstić information content (AvgIpc) is 3.68. The summed E-state index contributed by atoms with van der Waals surface area (Å²) in [7, 11) is -4.85. The highest BCUT2D eigenvalue weighted by Crippen LogP contribution is 2.27. The van der Waals surface area contributed by atoms with Crippen LogP contribution < -0.4 is 21.1 Å². The first kappa shape index (κ1) is 50.9. The molecule has 0 saturated carbocycles. The van der Waals surface area contributed by atoms with E-state index in [1.54, 1.807) is 44.2 Å². The minimum atomic E-state index is -4.85. The molecule has 4 rings (SSSR count). The van der Waals surface area contributed by atoms with E-state index in [2.05, 4.69) is 20.6 Å². The zero-order chi connectivity index (χ0) is 47.3. The van der Waals surface area contributed by atoms with Crippen LogP contribution in [0, 0.1) is 11.8 Å². The van der Waals surface area contributed by atoms with Gasteiger partial charge in [0.25, 0.3) is 21.8 Å². The number of halogens is 3. The monoisotopic (exact) mass is 932 g/mol. The van der Waals surface area contributed by atoms with Crippen LogP contribution in [-0.2, 0) is 50.1 Å². The standard InChI is InChI=1S/C42H51ClF2N8O10S/c1-5-25(4)36(50-37(55)31(16-24(2)3)49-38(56)32-21-47-14-15-48-32)41(59)52-22-29(63-23-26-10-7-6-8-11-26)20-33(52)40(58)53(35(54)19-28(46)18-34(44)45)42(60)39(57)51-64(61,62)30-13-9-12-27(43)17-30/h6-15,17,21,24-25,28-29,31,33-34,36H,5,16,18-20,22-23,46H2,1-4H3,(H,49,56)(H,50,55)(H,51,57)/t25-,28+,29+,31-,33-,36-/m0/s1. The Labute approximate surface area is 374 Å². The number of likely N-dealkylation sites (tertiary alicyclic amines) is 1. The summed E-state index contributed by atoms with van der Waals surface area (Å²) in [4.78, 5) is 106. The lowest BCUT2D eigenvalue weighted by Gasteiger charge is -2.33. The van der Waals surface area contributed by atoms with E-state index in [1.807, 2.05) is 13.8 Å². The van der Waals surface area contributed by atoms with E-state index in [0.29, 0.717) is 12.0 Å². The summed E-state index contributed by atoms with van der Waals surface area (Å²) in [6.07, 6.45) is -2.19. The number of aromatic nitrogens is 2. The van der Waals surface area contributed by atoms with Crippen LogP contribution in [-0.4, -0.2) is 113 Å². The van der Waals surface area contributed by atoms with E-state index >= 15 is 0 Å². The molecule has 0 spiro atoms. The molecule has 0 bridgehead atoms. The summed E-state index contributed by atoms with van der Waals surface area (Å²) in [6.45, 7) is 6.63. The molecule has 1 aliphatic rings. The van der Waals surface area contributed by atoms with Crippen LogP contribution in [0.4, 0.5) is 8.78 Å². The van der Waals surface area contributed by atoms with Crippen molar-refractivity contribution in [2.45, 2.75) is 108 Å². The van der Waals surface area contributed by atoms with Crippen LogP contribution in [0.5, 0.6) is 0 Å². The quantitative estimate of drug-likeness (QED) is 0.126. The van der Waals surface area contributed by atoms with Gasteiger partial charge in [-0.1, -0.05) is 82.1 Å². The number of nitrogens with two attached hydrogens (primary N) is 1. The predicted octanol–water partition coefficient (Wildman–Crippen LogP) is 2.75. The molecule has 7 amide bonds. The smallest absolute Gasteiger partial charge is 0.326 e. The zero-order valence-corrected chi connectivity index (χ0v) is 37.1. The Hall–Kier alpha value is -5.77. The Bertz CT molecular complexity index is 2260. The van der Waals surface area contributed by atoms with Gasteiger partial charge in [-0.25, -0.2) is 31.8 Å².